The zero-order chi connectivity index (χ0) is 17.2. The number of imidazole rings is 1. The Morgan fingerprint density at radius 1 is 1.24 bits per heavy atom. The van der Waals surface area contributed by atoms with Crippen molar-refractivity contribution in [1.82, 2.24) is 14.9 Å². The van der Waals surface area contributed by atoms with Gasteiger partial charge in [0.2, 0.25) is 5.91 Å². The second-order valence-corrected chi connectivity index (χ2v) is 7.18. The molecule has 1 aliphatic rings. The van der Waals surface area contributed by atoms with E-state index in [1.807, 2.05) is 29.2 Å². The van der Waals surface area contributed by atoms with Gasteiger partial charge < -0.3 is 9.88 Å². The molecule has 0 bridgehead atoms. The van der Waals surface area contributed by atoms with E-state index in [1.165, 1.54) is 23.9 Å². The number of benzene rings is 2. The third-order valence-electron chi connectivity index (χ3n) is 4.47. The highest BCUT2D eigenvalue weighted by molar-refractivity contribution is 8.00. The minimum Gasteiger partial charge on any atom is -0.340 e. The van der Waals surface area contributed by atoms with Crippen LogP contribution in [0.2, 0.25) is 0 Å². The van der Waals surface area contributed by atoms with Crippen molar-refractivity contribution < 1.29 is 9.18 Å². The summed E-state index contributed by atoms with van der Waals surface area (Å²) in [4.78, 5) is 23.5. The molecule has 1 atom stereocenters. The number of nitrogens with one attached hydrogen (secondary N) is 1. The van der Waals surface area contributed by atoms with Gasteiger partial charge in [0.15, 0.2) is 0 Å². The molecule has 0 spiro atoms. The van der Waals surface area contributed by atoms with Crippen molar-refractivity contribution in [3.8, 4) is 0 Å². The fraction of sp³-hybridized carbons (Fsp3) is 0.263. The third kappa shape index (κ3) is 3.39. The molecule has 1 unspecified atom stereocenters. The maximum Gasteiger partial charge on any atom is 0.233 e. The van der Waals surface area contributed by atoms with Gasteiger partial charge in [-0.25, -0.2) is 9.37 Å². The Kier molecular flexibility index (Phi) is 4.44. The number of rotatable bonds is 4. The Labute approximate surface area is 149 Å². The van der Waals surface area contributed by atoms with E-state index in [0.717, 1.165) is 41.1 Å². The number of carbonyl (C=O) groups is 1. The first-order chi connectivity index (χ1) is 12.2. The Hall–Kier alpha value is -2.34. The van der Waals surface area contributed by atoms with Crippen molar-refractivity contribution in [2.75, 3.05) is 12.3 Å². The van der Waals surface area contributed by atoms with Gasteiger partial charge in [-0.1, -0.05) is 12.1 Å². The van der Waals surface area contributed by atoms with Gasteiger partial charge >= 0.3 is 0 Å². The molecule has 0 saturated carbocycles. The highest BCUT2D eigenvalue weighted by Gasteiger charge is 2.31. The summed E-state index contributed by atoms with van der Waals surface area (Å²) in [6.07, 6.45) is 1.90. The van der Waals surface area contributed by atoms with E-state index in [0.29, 0.717) is 5.75 Å². The highest BCUT2D eigenvalue weighted by atomic mass is 32.2. The predicted molar refractivity (Wildman–Crippen MR) is 96.9 cm³/mol. The molecule has 1 N–H and O–H groups in total. The number of carbonyl (C=O) groups excluding carboxylic acids is 1. The van der Waals surface area contributed by atoms with Crippen molar-refractivity contribution in [3.63, 3.8) is 0 Å². The number of hydrogen-bond acceptors (Lipinski definition) is 3. The van der Waals surface area contributed by atoms with Crippen LogP contribution in [0.4, 0.5) is 4.39 Å². The number of halogens is 1. The number of H-pyrrole nitrogens is 1. The number of thioether (sulfide) groups is 1. The van der Waals surface area contributed by atoms with E-state index in [-0.39, 0.29) is 17.8 Å². The number of amides is 1. The van der Waals surface area contributed by atoms with Crippen LogP contribution in [0.5, 0.6) is 0 Å². The van der Waals surface area contributed by atoms with Crippen LogP contribution in [0.15, 0.2) is 53.4 Å². The first-order valence-electron chi connectivity index (χ1n) is 8.33. The van der Waals surface area contributed by atoms with E-state index in [9.17, 15) is 9.18 Å². The molecule has 2 aromatic carbocycles. The predicted octanol–water partition coefficient (Wildman–Crippen LogP) is 4.16. The lowest BCUT2D eigenvalue weighted by Gasteiger charge is -2.23. The zero-order valence-electron chi connectivity index (χ0n) is 13.6. The van der Waals surface area contributed by atoms with Crippen molar-refractivity contribution in [1.29, 1.82) is 0 Å². The zero-order valence-corrected chi connectivity index (χ0v) is 14.4. The van der Waals surface area contributed by atoms with Gasteiger partial charge in [-0.2, -0.15) is 0 Å². The Morgan fingerprint density at radius 2 is 2.04 bits per heavy atom. The molecule has 0 aliphatic carbocycles. The van der Waals surface area contributed by atoms with Crippen LogP contribution >= 0.6 is 11.8 Å². The van der Waals surface area contributed by atoms with E-state index >= 15 is 0 Å². The average Bonchev–Trinajstić information content (AvgIpc) is 3.27. The monoisotopic (exact) mass is 355 g/mol. The first-order valence-corrected chi connectivity index (χ1v) is 9.32. The lowest BCUT2D eigenvalue weighted by Crippen LogP contribution is -2.32. The summed E-state index contributed by atoms with van der Waals surface area (Å²) >= 11 is 1.44. The second-order valence-electron chi connectivity index (χ2n) is 6.13. The largest absolute Gasteiger partial charge is 0.340 e. The number of nitrogens with zero attached hydrogens (tertiary/aromatic N) is 2. The number of hydrogen-bond donors (Lipinski definition) is 1. The van der Waals surface area contributed by atoms with E-state index in [2.05, 4.69) is 9.97 Å². The molecule has 1 aliphatic heterocycles. The van der Waals surface area contributed by atoms with Crippen LogP contribution in [-0.4, -0.2) is 33.1 Å². The lowest BCUT2D eigenvalue weighted by atomic mass is 10.2. The molecule has 4 rings (SSSR count). The fourth-order valence-corrected chi connectivity index (χ4v) is 4.02. The van der Waals surface area contributed by atoms with Crippen molar-refractivity contribution in [2.24, 2.45) is 0 Å². The molecule has 128 valence electrons. The van der Waals surface area contributed by atoms with Crippen LogP contribution in [0.25, 0.3) is 11.0 Å². The van der Waals surface area contributed by atoms with Gasteiger partial charge in [-0.05, 0) is 49.2 Å². The topological polar surface area (TPSA) is 49.0 Å². The minimum atomic E-state index is -0.264. The van der Waals surface area contributed by atoms with Crippen molar-refractivity contribution in [3.05, 3.63) is 60.2 Å². The molecule has 6 heteroatoms. The summed E-state index contributed by atoms with van der Waals surface area (Å²) in [5.41, 5.74) is 1.93. The standard InChI is InChI=1S/C19H18FN3OS/c20-13-7-9-14(10-8-13)25-12-18(24)23-11-3-6-17(23)19-21-15-4-1-2-5-16(15)22-19/h1-2,4-5,7-10,17H,3,6,11-12H2,(H,21,22). The Bertz CT molecular complexity index is 860. The molecule has 25 heavy (non-hydrogen) atoms. The highest BCUT2D eigenvalue weighted by Crippen LogP contribution is 2.32. The summed E-state index contributed by atoms with van der Waals surface area (Å²) in [6.45, 7) is 0.754. The normalized spacial score (nSPS) is 17.3. The minimum absolute atomic E-state index is 0.00807. The summed E-state index contributed by atoms with van der Waals surface area (Å²) in [7, 11) is 0. The molecule has 0 radical (unpaired) electrons. The van der Waals surface area contributed by atoms with Gasteiger partial charge in [0.1, 0.15) is 11.6 Å². The second kappa shape index (κ2) is 6.88. The summed E-state index contributed by atoms with van der Waals surface area (Å²) < 4.78 is 13.0. The van der Waals surface area contributed by atoms with E-state index in [1.54, 1.807) is 12.1 Å². The number of aromatic amines is 1. The smallest absolute Gasteiger partial charge is 0.233 e. The maximum atomic E-state index is 13.0. The number of aromatic nitrogens is 2. The van der Waals surface area contributed by atoms with Crippen LogP contribution in [0.3, 0.4) is 0 Å². The van der Waals surface area contributed by atoms with Gasteiger partial charge in [-0.3, -0.25) is 4.79 Å². The molecule has 1 amide bonds. The van der Waals surface area contributed by atoms with Gasteiger partial charge in [0.25, 0.3) is 0 Å². The molecule has 4 nitrogen and oxygen atoms in total. The van der Waals surface area contributed by atoms with Crippen LogP contribution < -0.4 is 0 Å². The molecule has 2 heterocycles. The fourth-order valence-electron chi connectivity index (χ4n) is 3.24. The molecule has 1 saturated heterocycles. The van der Waals surface area contributed by atoms with E-state index in [4.69, 9.17) is 0 Å². The maximum absolute atomic E-state index is 13.0. The number of fused-ring (bicyclic) bond motifs is 1. The van der Waals surface area contributed by atoms with Gasteiger partial charge in [-0.15, -0.1) is 11.8 Å². The third-order valence-corrected chi connectivity index (χ3v) is 5.47. The SMILES string of the molecule is O=C(CSc1ccc(F)cc1)N1CCCC1c1nc2ccccc2[nH]1. The Balaban J connectivity index is 1.46. The van der Waals surface area contributed by atoms with Crippen LogP contribution in [0, 0.1) is 5.82 Å². The van der Waals surface area contributed by atoms with Gasteiger partial charge in [0, 0.05) is 11.4 Å². The molecule has 1 fully saturated rings. The van der Waals surface area contributed by atoms with Crippen molar-refractivity contribution in [2.45, 2.75) is 23.8 Å². The first kappa shape index (κ1) is 16.1. The summed E-state index contributed by atoms with van der Waals surface area (Å²) in [5, 5.41) is 0. The summed E-state index contributed by atoms with van der Waals surface area (Å²) in [6, 6.07) is 14.2. The van der Waals surface area contributed by atoms with E-state index < -0.39 is 0 Å². The van der Waals surface area contributed by atoms with Crippen LogP contribution in [0.1, 0.15) is 24.7 Å². The number of likely N-dealkylation sites (tertiary alicyclic amines) is 1. The van der Waals surface area contributed by atoms with Gasteiger partial charge in [0.05, 0.1) is 22.8 Å². The molecular formula is C19H18FN3OS. The molecule has 3 aromatic rings. The quantitative estimate of drug-likeness (QED) is 0.715. The molecule has 1 aromatic heterocycles. The Morgan fingerprint density at radius 3 is 2.84 bits per heavy atom. The van der Waals surface area contributed by atoms with Crippen molar-refractivity contribution >= 4 is 28.7 Å². The number of para-hydroxylation sites is 2. The lowest BCUT2D eigenvalue weighted by molar-refractivity contribution is -0.129. The average molecular weight is 355 g/mol. The molecular weight excluding hydrogens is 337 g/mol. The van der Waals surface area contributed by atoms with Crippen LogP contribution in [-0.2, 0) is 4.79 Å². The summed E-state index contributed by atoms with van der Waals surface area (Å²) in [5.74, 6) is 1.04.